The van der Waals surface area contributed by atoms with Crippen molar-refractivity contribution in [3.05, 3.63) is 16.0 Å². The van der Waals surface area contributed by atoms with Crippen LogP contribution in [0.3, 0.4) is 0 Å². The predicted molar refractivity (Wildman–Crippen MR) is 95.9 cm³/mol. The number of amides is 1. The largest absolute Gasteiger partial charge is 0.462 e. The molecule has 0 aromatic carbocycles. The molecule has 0 fully saturated rings. The standard InChI is InChI=1S/C18H25NO5S/c1-5-23-18(22)15-12-7-6-11(4)8-13(12)25-16(15)19-14(20)9-24-17(21)10(2)3/h10-11H,5-9H2,1-4H3,(H,19,20)/t11-/m0/s1. The van der Waals surface area contributed by atoms with Crippen LogP contribution in [0.15, 0.2) is 0 Å². The van der Waals surface area contributed by atoms with Crippen LogP contribution in [-0.4, -0.2) is 31.1 Å². The van der Waals surface area contributed by atoms with Crippen LogP contribution in [0, 0.1) is 11.8 Å². The number of thiophene rings is 1. The first-order chi connectivity index (χ1) is 11.8. The summed E-state index contributed by atoms with van der Waals surface area (Å²) >= 11 is 1.42. The first kappa shape index (κ1) is 19.4. The summed E-state index contributed by atoms with van der Waals surface area (Å²) in [7, 11) is 0. The Morgan fingerprint density at radius 1 is 1.28 bits per heavy atom. The lowest BCUT2D eigenvalue weighted by Crippen LogP contribution is -2.23. The number of hydrogen-bond donors (Lipinski definition) is 1. The zero-order chi connectivity index (χ0) is 18.6. The molecule has 0 unspecified atom stereocenters. The van der Waals surface area contributed by atoms with Gasteiger partial charge in [0.1, 0.15) is 5.00 Å². The number of ether oxygens (including phenoxy) is 2. The number of hydrogen-bond acceptors (Lipinski definition) is 6. The first-order valence-corrected chi connectivity index (χ1v) is 9.43. The molecule has 25 heavy (non-hydrogen) atoms. The second-order valence-electron chi connectivity index (χ2n) is 6.59. The van der Waals surface area contributed by atoms with Gasteiger partial charge < -0.3 is 14.8 Å². The first-order valence-electron chi connectivity index (χ1n) is 8.61. The van der Waals surface area contributed by atoms with Gasteiger partial charge in [-0.3, -0.25) is 9.59 Å². The highest BCUT2D eigenvalue weighted by Crippen LogP contribution is 2.40. The van der Waals surface area contributed by atoms with Crippen LogP contribution in [0.5, 0.6) is 0 Å². The quantitative estimate of drug-likeness (QED) is 0.781. The lowest BCUT2D eigenvalue weighted by Gasteiger charge is -2.18. The molecule has 1 atom stereocenters. The molecule has 0 saturated carbocycles. The summed E-state index contributed by atoms with van der Waals surface area (Å²) in [6.07, 6.45) is 2.71. The number of rotatable bonds is 6. The topological polar surface area (TPSA) is 81.7 Å². The Morgan fingerprint density at radius 3 is 2.64 bits per heavy atom. The van der Waals surface area contributed by atoms with E-state index in [2.05, 4.69) is 12.2 Å². The van der Waals surface area contributed by atoms with Gasteiger partial charge in [-0.1, -0.05) is 20.8 Å². The van der Waals surface area contributed by atoms with Gasteiger partial charge in [-0.25, -0.2) is 4.79 Å². The number of fused-ring (bicyclic) bond motifs is 1. The van der Waals surface area contributed by atoms with Gasteiger partial charge in [0.25, 0.3) is 5.91 Å². The molecule has 0 bridgehead atoms. The Hall–Kier alpha value is -1.89. The fourth-order valence-corrected chi connectivity index (χ4v) is 4.14. The maximum absolute atomic E-state index is 12.4. The monoisotopic (exact) mass is 367 g/mol. The molecule has 1 aliphatic carbocycles. The average Bonchev–Trinajstić information content (AvgIpc) is 2.89. The van der Waals surface area contributed by atoms with E-state index in [1.807, 2.05) is 0 Å². The SMILES string of the molecule is CCOC(=O)c1c(NC(=O)COC(=O)C(C)C)sc2c1CC[C@H](C)C2. The summed E-state index contributed by atoms with van der Waals surface area (Å²) in [5.41, 5.74) is 1.44. The maximum atomic E-state index is 12.4. The summed E-state index contributed by atoms with van der Waals surface area (Å²) in [5, 5.41) is 3.21. The molecular weight excluding hydrogens is 342 g/mol. The van der Waals surface area contributed by atoms with Crippen molar-refractivity contribution >= 4 is 34.2 Å². The van der Waals surface area contributed by atoms with Crippen LogP contribution in [0.2, 0.25) is 0 Å². The van der Waals surface area contributed by atoms with E-state index in [0.29, 0.717) is 16.5 Å². The molecule has 1 aromatic heterocycles. The van der Waals surface area contributed by atoms with Gasteiger partial charge in [-0.15, -0.1) is 11.3 Å². The van der Waals surface area contributed by atoms with Gasteiger partial charge in [0.05, 0.1) is 18.1 Å². The summed E-state index contributed by atoms with van der Waals surface area (Å²) in [6.45, 7) is 7.25. The molecule has 1 aliphatic rings. The smallest absolute Gasteiger partial charge is 0.341 e. The number of nitrogens with one attached hydrogen (secondary N) is 1. The molecule has 0 radical (unpaired) electrons. The van der Waals surface area contributed by atoms with Gasteiger partial charge in [0, 0.05) is 4.88 Å². The summed E-state index contributed by atoms with van der Waals surface area (Å²) < 4.78 is 10.1. The average molecular weight is 367 g/mol. The van der Waals surface area contributed by atoms with Crippen molar-refractivity contribution in [1.82, 2.24) is 0 Å². The second-order valence-corrected chi connectivity index (χ2v) is 7.69. The van der Waals surface area contributed by atoms with E-state index in [1.54, 1.807) is 20.8 Å². The molecule has 1 heterocycles. The maximum Gasteiger partial charge on any atom is 0.341 e. The highest BCUT2D eigenvalue weighted by molar-refractivity contribution is 7.17. The van der Waals surface area contributed by atoms with Gasteiger partial charge >= 0.3 is 11.9 Å². The summed E-state index contributed by atoms with van der Waals surface area (Å²) in [4.78, 5) is 37.1. The van der Waals surface area contributed by atoms with Crippen LogP contribution in [0.25, 0.3) is 0 Å². The van der Waals surface area contributed by atoms with Crippen LogP contribution >= 0.6 is 11.3 Å². The van der Waals surface area contributed by atoms with Crippen LogP contribution in [-0.2, 0) is 31.9 Å². The Morgan fingerprint density at radius 2 is 2.00 bits per heavy atom. The van der Waals surface area contributed by atoms with E-state index >= 15 is 0 Å². The molecule has 0 aliphatic heterocycles. The molecule has 1 N–H and O–H groups in total. The number of anilines is 1. The Kier molecular flexibility index (Phi) is 6.58. The van der Waals surface area contributed by atoms with Gasteiger partial charge in [0.2, 0.25) is 0 Å². The molecule has 2 rings (SSSR count). The van der Waals surface area contributed by atoms with Crippen molar-refractivity contribution in [2.45, 2.75) is 47.0 Å². The minimum Gasteiger partial charge on any atom is -0.462 e. The van der Waals surface area contributed by atoms with Crippen molar-refractivity contribution < 1.29 is 23.9 Å². The van der Waals surface area contributed by atoms with Crippen LogP contribution in [0.1, 0.15) is 54.9 Å². The van der Waals surface area contributed by atoms with E-state index in [-0.39, 0.29) is 19.1 Å². The predicted octanol–water partition coefficient (Wildman–Crippen LogP) is 3.19. The molecule has 1 amide bonds. The van der Waals surface area contributed by atoms with Gasteiger partial charge in [-0.2, -0.15) is 0 Å². The van der Waals surface area contributed by atoms with Crippen molar-refractivity contribution in [3.63, 3.8) is 0 Å². The van der Waals surface area contributed by atoms with E-state index in [9.17, 15) is 14.4 Å². The minimum atomic E-state index is -0.453. The lowest BCUT2D eigenvalue weighted by molar-refractivity contribution is -0.150. The molecule has 0 spiro atoms. The van der Waals surface area contributed by atoms with Crippen LogP contribution < -0.4 is 5.32 Å². The molecule has 1 aromatic rings. The second kappa shape index (κ2) is 8.47. The Labute approximate surface area is 151 Å². The number of carbonyl (C=O) groups is 3. The summed E-state index contributed by atoms with van der Waals surface area (Å²) in [6, 6.07) is 0. The molecular formula is C18H25NO5S. The molecule has 138 valence electrons. The fourth-order valence-electron chi connectivity index (χ4n) is 2.72. The number of carbonyl (C=O) groups excluding carboxylic acids is 3. The van der Waals surface area contributed by atoms with E-state index in [1.165, 1.54) is 11.3 Å². The van der Waals surface area contributed by atoms with E-state index < -0.39 is 17.8 Å². The normalized spacial score (nSPS) is 16.3. The third kappa shape index (κ3) is 4.81. The third-order valence-electron chi connectivity index (χ3n) is 4.06. The van der Waals surface area contributed by atoms with Crippen molar-refractivity contribution in [3.8, 4) is 0 Å². The van der Waals surface area contributed by atoms with Gasteiger partial charge in [-0.05, 0) is 37.7 Å². The van der Waals surface area contributed by atoms with Crippen molar-refractivity contribution in [2.75, 3.05) is 18.5 Å². The van der Waals surface area contributed by atoms with Crippen molar-refractivity contribution in [2.24, 2.45) is 11.8 Å². The molecule has 7 heteroatoms. The van der Waals surface area contributed by atoms with E-state index in [4.69, 9.17) is 9.47 Å². The molecule has 6 nitrogen and oxygen atoms in total. The zero-order valence-electron chi connectivity index (χ0n) is 15.1. The van der Waals surface area contributed by atoms with Gasteiger partial charge in [0.15, 0.2) is 6.61 Å². The Balaban J connectivity index is 2.17. The van der Waals surface area contributed by atoms with E-state index in [0.717, 1.165) is 29.7 Å². The van der Waals surface area contributed by atoms with Crippen molar-refractivity contribution in [1.29, 1.82) is 0 Å². The minimum absolute atomic E-state index is 0.277. The lowest BCUT2D eigenvalue weighted by atomic mass is 9.88. The highest BCUT2D eigenvalue weighted by atomic mass is 32.1. The zero-order valence-corrected chi connectivity index (χ0v) is 16.0. The number of esters is 2. The summed E-state index contributed by atoms with van der Waals surface area (Å²) in [5.74, 6) is -1.04. The fraction of sp³-hybridized carbons (Fsp3) is 0.611. The highest BCUT2D eigenvalue weighted by Gasteiger charge is 2.29. The Bertz CT molecular complexity index is 665. The third-order valence-corrected chi connectivity index (χ3v) is 5.23. The van der Waals surface area contributed by atoms with Crippen LogP contribution in [0.4, 0.5) is 5.00 Å². The molecule has 0 saturated heterocycles.